The molecule has 1 aromatic rings. The van der Waals surface area contributed by atoms with Crippen LogP contribution in [0, 0.1) is 0 Å². The summed E-state index contributed by atoms with van der Waals surface area (Å²) in [7, 11) is 3.77. The standard InChI is InChI=1S/C14H20N2O3S/c1-16(2)11-6-4-5-10(9-11)13(17)15-12(14(18)19)7-8-20-3/h4-6,9,12H,7-8H2,1-3H3,(H,15,17)(H,18,19). The molecule has 0 saturated carbocycles. The highest BCUT2D eigenvalue weighted by Gasteiger charge is 2.20. The smallest absolute Gasteiger partial charge is 0.326 e. The van der Waals surface area contributed by atoms with Gasteiger partial charge in [-0.15, -0.1) is 0 Å². The Morgan fingerprint density at radius 1 is 1.40 bits per heavy atom. The fourth-order valence-electron chi connectivity index (χ4n) is 1.66. The van der Waals surface area contributed by atoms with Crippen LogP contribution in [-0.2, 0) is 4.79 Å². The second kappa shape index (κ2) is 7.79. The molecule has 0 radical (unpaired) electrons. The minimum absolute atomic E-state index is 0.359. The van der Waals surface area contributed by atoms with Gasteiger partial charge in [-0.25, -0.2) is 4.79 Å². The minimum Gasteiger partial charge on any atom is -0.480 e. The lowest BCUT2D eigenvalue weighted by Gasteiger charge is -2.16. The molecule has 1 amide bonds. The average molecular weight is 296 g/mol. The van der Waals surface area contributed by atoms with E-state index in [0.29, 0.717) is 17.7 Å². The Hall–Kier alpha value is -1.69. The van der Waals surface area contributed by atoms with E-state index in [4.69, 9.17) is 5.11 Å². The lowest BCUT2D eigenvalue weighted by molar-refractivity contribution is -0.139. The minimum atomic E-state index is -1.00. The van der Waals surface area contributed by atoms with Gasteiger partial charge in [0.1, 0.15) is 6.04 Å². The lowest BCUT2D eigenvalue weighted by Crippen LogP contribution is -2.41. The van der Waals surface area contributed by atoms with Crippen LogP contribution in [-0.4, -0.2) is 49.1 Å². The maximum Gasteiger partial charge on any atom is 0.326 e. The van der Waals surface area contributed by atoms with Gasteiger partial charge < -0.3 is 15.3 Å². The zero-order valence-corrected chi connectivity index (χ0v) is 12.7. The molecule has 0 aliphatic heterocycles. The summed E-state index contributed by atoms with van der Waals surface area (Å²) < 4.78 is 0. The topological polar surface area (TPSA) is 69.6 Å². The van der Waals surface area contributed by atoms with Crippen LogP contribution in [0.4, 0.5) is 5.69 Å². The first-order valence-corrected chi connectivity index (χ1v) is 7.65. The Labute approximate surface area is 123 Å². The summed E-state index contributed by atoms with van der Waals surface area (Å²) in [6.45, 7) is 0. The number of nitrogens with one attached hydrogen (secondary N) is 1. The van der Waals surface area contributed by atoms with Gasteiger partial charge in [0.05, 0.1) is 0 Å². The van der Waals surface area contributed by atoms with E-state index in [9.17, 15) is 9.59 Å². The van der Waals surface area contributed by atoms with E-state index in [1.54, 1.807) is 30.0 Å². The highest BCUT2D eigenvalue weighted by molar-refractivity contribution is 7.98. The van der Waals surface area contributed by atoms with E-state index < -0.39 is 12.0 Å². The Kier molecular flexibility index (Phi) is 6.38. The van der Waals surface area contributed by atoms with Crippen LogP contribution in [0.3, 0.4) is 0 Å². The fourth-order valence-corrected chi connectivity index (χ4v) is 2.13. The number of thioether (sulfide) groups is 1. The number of carboxylic acids is 1. The van der Waals surface area contributed by atoms with Crippen LogP contribution >= 0.6 is 11.8 Å². The number of rotatable bonds is 7. The molecule has 110 valence electrons. The first-order valence-electron chi connectivity index (χ1n) is 6.25. The number of carboxylic acid groups (broad SMARTS) is 1. The molecule has 20 heavy (non-hydrogen) atoms. The van der Waals surface area contributed by atoms with E-state index in [1.165, 1.54) is 0 Å². The van der Waals surface area contributed by atoms with Crippen molar-refractivity contribution >= 4 is 29.3 Å². The SMILES string of the molecule is CSCCC(NC(=O)c1cccc(N(C)C)c1)C(=O)O. The summed E-state index contributed by atoms with van der Waals surface area (Å²) in [6.07, 6.45) is 2.32. The number of aliphatic carboxylic acids is 1. The summed E-state index contributed by atoms with van der Waals surface area (Å²) in [6, 6.07) is 6.23. The van der Waals surface area contributed by atoms with Crippen LogP contribution in [0.2, 0.25) is 0 Å². The molecule has 0 aromatic heterocycles. The van der Waals surface area contributed by atoms with Crippen LogP contribution < -0.4 is 10.2 Å². The van der Waals surface area contributed by atoms with E-state index in [1.807, 2.05) is 31.3 Å². The van der Waals surface area contributed by atoms with Gasteiger partial charge >= 0.3 is 5.97 Å². The zero-order chi connectivity index (χ0) is 15.1. The van der Waals surface area contributed by atoms with Crippen molar-refractivity contribution in [3.63, 3.8) is 0 Å². The summed E-state index contributed by atoms with van der Waals surface area (Å²) in [5.74, 6) is -0.673. The molecular formula is C14H20N2O3S. The molecule has 0 aliphatic rings. The summed E-state index contributed by atoms with van der Waals surface area (Å²) in [4.78, 5) is 25.1. The van der Waals surface area contributed by atoms with Gasteiger partial charge in [-0.05, 0) is 36.6 Å². The van der Waals surface area contributed by atoms with Gasteiger partial charge in [0.2, 0.25) is 0 Å². The van der Waals surface area contributed by atoms with Gasteiger partial charge in [-0.1, -0.05) is 6.07 Å². The van der Waals surface area contributed by atoms with E-state index in [0.717, 1.165) is 5.69 Å². The molecule has 6 heteroatoms. The third-order valence-electron chi connectivity index (χ3n) is 2.84. The number of hydrogen-bond donors (Lipinski definition) is 2. The molecule has 1 rings (SSSR count). The first-order chi connectivity index (χ1) is 9.45. The maximum absolute atomic E-state index is 12.1. The number of anilines is 1. The molecule has 5 nitrogen and oxygen atoms in total. The monoisotopic (exact) mass is 296 g/mol. The van der Waals surface area contributed by atoms with Crippen molar-refractivity contribution in [2.45, 2.75) is 12.5 Å². The second-order valence-electron chi connectivity index (χ2n) is 4.59. The highest BCUT2D eigenvalue weighted by atomic mass is 32.2. The van der Waals surface area contributed by atoms with Gasteiger partial charge in [0, 0.05) is 25.3 Å². The highest BCUT2D eigenvalue weighted by Crippen LogP contribution is 2.13. The van der Waals surface area contributed by atoms with Crippen molar-refractivity contribution < 1.29 is 14.7 Å². The Morgan fingerprint density at radius 2 is 2.10 bits per heavy atom. The van der Waals surface area contributed by atoms with Crippen molar-refractivity contribution in [3.05, 3.63) is 29.8 Å². The second-order valence-corrected chi connectivity index (χ2v) is 5.58. The normalized spacial score (nSPS) is 11.8. The van der Waals surface area contributed by atoms with E-state index in [2.05, 4.69) is 5.32 Å². The average Bonchev–Trinajstić information content (AvgIpc) is 2.42. The van der Waals surface area contributed by atoms with Crippen molar-refractivity contribution in [2.75, 3.05) is 31.0 Å². The Morgan fingerprint density at radius 3 is 2.65 bits per heavy atom. The summed E-state index contributed by atoms with van der Waals surface area (Å²) in [5.41, 5.74) is 1.36. The summed E-state index contributed by atoms with van der Waals surface area (Å²) in [5, 5.41) is 11.7. The molecule has 0 saturated heterocycles. The fraction of sp³-hybridized carbons (Fsp3) is 0.429. The molecule has 2 N–H and O–H groups in total. The maximum atomic E-state index is 12.1. The molecule has 0 heterocycles. The van der Waals surface area contributed by atoms with Crippen molar-refractivity contribution in [3.8, 4) is 0 Å². The predicted octanol–water partition coefficient (Wildman–Crippen LogP) is 1.69. The van der Waals surface area contributed by atoms with Gasteiger partial charge in [-0.2, -0.15) is 11.8 Å². The molecule has 0 spiro atoms. The molecule has 1 unspecified atom stereocenters. The van der Waals surface area contributed by atoms with Crippen LogP contribution in [0.15, 0.2) is 24.3 Å². The Balaban J connectivity index is 2.78. The number of nitrogens with zero attached hydrogens (tertiary/aromatic N) is 1. The number of benzene rings is 1. The van der Waals surface area contributed by atoms with E-state index in [-0.39, 0.29) is 5.91 Å². The number of amides is 1. The molecule has 1 atom stereocenters. The lowest BCUT2D eigenvalue weighted by atomic mass is 10.1. The van der Waals surface area contributed by atoms with Gasteiger partial charge in [0.25, 0.3) is 5.91 Å². The third-order valence-corrected chi connectivity index (χ3v) is 3.48. The van der Waals surface area contributed by atoms with Crippen LogP contribution in [0.25, 0.3) is 0 Å². The summed E-state index contributed by atoms with van der Waals surface area (Å²) >= 11 is 1.56. The largest absolute Gasteiger partial charge is 0.480 e. The zero-order valence-electron chi connectivity index (χ0n) is 11.9. The molecular weight excluding hydrogens is 276 g/mol. The van der Waals surface area contributed by atoms with Crippen LogP contribution in [0.1, 0.15) is 16.8 Å². The van der Waals surface area contributed by atoms with E-state index >= 15 is 0 Å². The van der Waals surface area contributed by atoms with Crippen LogP contribution in [0.5, 0.6) is 0 Å². The molecule has 1 aromatic carbocycles. The van der Waals surface area contributed by atoms with Crippen molar-refractivity contribution in [1.82, 2.24) is 5.32 Å². The van der Waals surface area contributed by atoms with Crippen molar-refractivity contribution in [1.29, 1.82) is 0 Å². The van der Waals surface area contributed by atoms with Gasteiger partial charge in [-0.3, -0.25) is 4.79 Å². The first kappa shape index (κ1) is 16.4. The third kappa shape index (κ3) is 4.77. The number of carbonyl (C=O) groups is 2. The molecule has 0 bridgehead atoms. The Bertz CT molecular complexity index is 477. The molecule has 0 fully saturated rings. The van der Waals surface area contributed by atoms with Gasteiger partial charge in [0.15, 0.2) is 0 Å². The van der Waals surface area contributed by atoms with Crippen molar-refractivity contribution in [2.24, 2.45) is 0 Å². The molecule has 0 aliphatic carbocycles. The quantitative estimate of drug-likeness (QED) is 0.801. The number of carbonyl (C=O) groups excluding carboxylic acids is 1. The predicted molar refractivity (Wildman–Crippen MR) is 82.7 cm³/mol. The number of hydrogen-bond acceptors (Lipinski definition) is 4.